The zero-order chi connectivity index (χ0) is 47.3. The third-order valence-corrected chi connectivity index (χ3v) is 7.12. The monoisotopic (exact) mass is 849 g/mol. The van der Waals surface area contributed by atoms with Gasteiger partial charge in [0, 0.05) is 111 Å². The molecule has 64 heavy (non-hydrogen) atoms. The second kappa shape index (κ2) is 32.0. The van der Waals surface area contributed by atoms with Crippen molar-refractivity contribution in [2.24, 2.45) is 0 Å². The predicted molar refractivity (Wildman–Crippen MR) is 251 cm³/mol. The summed E-state index contributed by atoms with van der Waals surface area (Å²) < 4.78 is 10.7. The number of ether oxygens (including phenoxy) is 2. The SMILES string of the molecule is C#CC#CC#CC#CC#CC#CC#CC#CC#CC#CC#CC#CC#CC.CC(C)(C)OC(=O)N1CCCN(c2cccc([N+](=O)[O-])c2)CC1.CC(C)(C)OC(=O)N1CCCNCC1. The summed E-state index contributed by atoms with van der Waals surface area (Å²) in [6.07, 6.45) is 6.21. The molecule has 0 bridgehead atoms. The van der Waals surface area contributed by atoms with Crippen molar-refractivity contribution in [3.05, 3.63) is 34.4 Å². The molecule has 2 aliphatic heterocycles. The van der Waals surface area contributed by atoms with E-state index in [1.165, 1.54) is 6.07 Å². The van der Waals surface area contributed by atoms with Crippen molar-refractivity contribution >= 4 is 23.6 Å². The Balaban J connectivity index is 0.000000502. The third kappa shape index (κ3) is 28.6. The van der Waals surface area contributed by atoms with E-state index >= 15 is 0 Å². The van der Waals surface area contributed by atoms with Gasteiger partial charge in [0.05, 0.1) is 4.92 Å². The lowest BCUT2D eigenvalue weighted by Gasteiger charge is -2.26. The van der Waals surface area contributed by atoms with Crippen LogP contribution in [0.15, 0.2) is 24.3 Å². The van der Waals surface area contributed by atoms with Gasteiger partial charge in [0.25, 0.3) is 5.69 Å². The molecule has 320 valence electrons. The number of hydrogen-bond acceptors (Lipinski definition) is 8. The van der Waals surface area contributed by atoms with Crippen molar-refractivity contribution in [1.29, 1.82) is 0 Å². The van der Waals surface area contributed by atoms with Gasteiger partial charge in [-0.25, -0.2) is 9.59 Å². The minimum absolute atomic E-state index is 0.0794. The van der Waals surface area contributed by atoms with Gasteiger partial charge in [-0.2, -0.15) is 0 Å². The Kier molecular flexibility index (Phi) is 26.6. The van der Waals surface area contributed by atoms with Crippen LogP contribution in [-0.2, 0) is 9.47 Å². The lowest BCUT2D eigenvalue weighted by Crippen LogP contribution is -2.39. The first-order valence-electron chi connectivity index (χ1n) is 19.7. The van der Waals surface area contributed by atoms with E-state index in [0.717, 1.165) is 51.3 Å². The van der Waals surface area contributed by atoms with Crippen LogP contribution in [0.5, 0.6) is 0 Å². The van der Waals surface area contributed by atoms with Crippen molar-refractivity contribution < 1.29 is 24.0 Å². The fourth-order valence-corrected chi connectivity index (χ4v) is 4.60. The van der Waals surface area contributed by atoms with Crippen LogP contribution in [0.3, 0.4) is 0 Å². The minimum Gasteiger partial charge on any atom is -0.444 e. The van der Waals surface area contributed by atoms with Crippen molar-refractivity contribution in [1.82, 2.24) is 15.1 Å². The molecule has 2 aliphatic rings. The second-order valence-corrected chi connectivity index (χ2v) is 14.4. The molecule has 0 saturated carbocycles. The number of amides is 2. The highest BCUT2D eigenvalue weighted by Crippen LogP contribution is 2.23. The van der Waals surface area contributed by atoms with Crippen LogP contribution in [0.1, 0.15) is 61.3 Å². The first kappa shape index (κ1) is 53.2. The molecule has 2 saturated heterocycles. The van der Waals surface area contributed by atoms with Gasteiger partial charge in [0.2, 0.25) is 0 Å². The Morgan fingerprint density at radius 1 is 0.594 bits per heavy atom. The number of hydrogen-bond donors (Lipinski definition) is 1. The smallest absolute Gasteiger partial charge is 0.410 e. The minimum atomic E-state index is -0.511. The molecule has 1 aromatic rings. The highest BCUT2D eigenvalue weighted by atomic mass is 16.6. The molecule has 11 heteroatoms. The molecule has 3 rings (SSSR count). The standard InChI is InChI=1S/C27H4.C16H23N3O4.C10H20N2O2/c1-3-5-7-9-11-13-15-17-19-21-23-25-27-26-24-22-20-18-16-14-12-10-8-6-4-2;1-16(2,3)23-15(20)18-9-5-8-17(10-11-18)13-6-4-7-14(12-13)19(21)22;1-10(2,3)14-9(13)12-7-4-5-11-6-8-12/h1H,2H3;4,6-7,12H,5,8-11H2,1-3H3;11H,4-8H2,1-3H3. The third-order valence-electron chi connectivity index (χ3n) is 7.12. The molecule has 11 nitrogen and oxygen atoms in total. The predicted octanol–water partition coefficient (Wildman–Crippen LogP) is 4.94. The number of terminal acetylenes is 1. The molecular formula is C53H47N5O6. The Morgan fingerprint density at radius 2 is 1.02 bits per heavy atom. The van der Waals surface area contributed by atoms with Gasteiger partial charge in [-0.15, -0.1) is 6.42 Å². The highest BCUT2D eigenvalue weighted by Gasteiger charge is 2.25. The van der Waals surface area contributed by atoms with Crippen LogP contribution in [-0.4, -0.2) is 90.5 Å². The molecule has 0 aliphatic carbocycles. The zero-order valence-electron chi connectivity index (χ0n) is 37.2. The first-order valence-corrected chi connectivity index (χ1v) is 19.7. The normalized spacial score (nSPS) is 11.5. The average molecular weight is 850 g/mol. The molecular weight excluding hydrogens is 803 g/mol. The fraction of sp³-hybridized carbons (Fsp3) is 0.358. The van der Waals surface area contributed by atoms with E-state index in [1.54, 1.807) is 28.9 Å². The summed E-state index contributed by atoms with van der Waals surface area (Å²) in [6.45, 7) is 18.8. The van der Waals surface area contributed by atoms with Gasteiger partial charge in [0.15, 0.2) is 0 Å². The van der Waals surface area contributed by atoms with E-state index in [2.05, 4.69) is 158 Å². The quantitative estimate of drug-likeness (QED) is 0.253. The van der Waals surface area contributed by atoms with Crippen molar-refractivity contribution in [3.63, 3.8) is 0 Å². The molecule has 2 fully saturated rings. The molecule has 0 aromatic heterocycles. The van der Waals surface area contributed by atoms with Crippen LogP contribution in [0.2, 0.25) is 0 Å². The van der Waals surface area contributed by atoms with Crippen LogP contribution in [0.4, 0.5) is 21.0 Å². The number of nitro benzene ring substituents is 1. The number of carbonyl (C=O) groups is 2. The Morgan fingerprint density at radius 3 is 1.44 bits per heavy atom. The lowest BCUT2D eigenvalue weighted by atomic mass is 10.2. The number of benzene rings is 1. The Hall–Kier alpha value is -8.80. The Bertz CT molecular complexity index is 2650. The number of carbonyl (C=O) groups excluding carboxylic acids is 2. The van der Waals surface area contributed by atoms with Gasteiger partial charge >= 0.3 is 12.2 Å². The molecule has 1 aromatic carbocycles. The van der Waals surface area contributed by atoms with Gasteiger partial charge in [-0.1, -0.05) is 12.0 Å². The van der Waals surface area contributed by atoms with Crippen LogP contribution < -0.4 is 10.2 Å². The fourth-order valence-electron chi connectivity index (χ4n) is 4.60. The number of non-ortho nitro benzene ring substituents is 1. The number of anilines is 1. The summed E-state index contributed by atoms with van der Waals surface area (Å²) in [5.74, 6) is 61.9. The van der Waals surface area contributed by atoms with Crippen LogP contribution in [0, 0.1) is 165 Å². The maximum Gasteiger partial charge on any atom is 0.410 e. The van der Waals surface area contributed by atoms with E-state index in [4.69, 9.17) is 15.9 Å². The molecule has 2 heterocycles. The summed E-state index contributed by atoms with van der Waals surface area (Å²) in [5, 5.41) is 14.1. The summed E-state index contributed by atoms with van der Waals surface area (Å²) in [5.41, 5.74) is -0.0130. The molecule has 2 amide bonds. The van der Waals surface area contributed by atoms with Crippen molar-refractivity contribution in [2.75, 3.05) is 57.3 Å². The number of nitro groups is 1. The van der Waals surface area contributed by atoms with E-state index in [1.807, 2.05) is 47.6 Å². The largest absolute Gasteiger partial charge is 0.444 e. The van der Waals surface area contributed by atoms with Crippen molar-refractivity contribution in [3.8, 4) is 154 Å². The zero-order valence-corrected chi connectivity index (χ0v) is 37.2. The number of rotatable bonds is 2. The van der Waals surface area contributed by atoms with Crippen LogP contribution >= 0.6 is 0 Å². The summed E-state index contributed by atoms with van der Waals surface area (Å²) >= 11 is 0. The van der Waals surface area contributed by atoms with E-state index in [0.29, 0.717) is 19.6 Å². The summed E-state index contributed by atoms with van der Waals surface area (Å²) in [4.78, 5) is 39.8. The summed E-state index contributed by atoms with van der Waals surface area (Å²) in [6, 6.07) is 6.59. The molecule has 0 atom stereocenters. The molecule has 0 spiro atoms. The molecule has 0 unspecified atom stereocenters. The second-order valence-electron chi connectivity index (χ2n) is 14.4. The van der Waals surface area contributed by atoms with Gasteiger partial charge in [-0.05, 0) is 169 Å². The number of nitrogens with one attached hydrogen (secondary N) is 1. The van der Waals surface area contributed by atoms with E-state index in [-0.39, 0.29) is 17.9 Å². The van der Waals surface area contributed by atoms with Crippen molar-refractivity contribution in [2.45, 2.75) is 72.5 Å². The lowest BCUT2D eigenvalue weighted by molar-refractivity contribution is -0.384. The van der Waals surface area contributed by atoms with E-state index in [9.17, 15) is 19.7 Å². The number of nitrogens with zero attached hydrogens (tertiary/aromatic N) is 4. The first-order chi connectivity index (χ1) is 30.7. The van der Waals surface area contributed by atoms with Gasteiger partial charge < -0.3 is 29.5 Å². The average Bonchev–Trinajstić information content (AvgIpc) is 3.68. The summed E-state index contributed by atoms with van der Waals surface area (Å²) in [7, 11) is 0. The highest BCUT2D eigenvalue weighted by molar-refractivity contribution is 5.69. The topological polar surface area (TPSA) is 117 Å². The molecule has 1 N–H and O–H groups in total. The van der Waals surface area contributed by atoms with E-state index < -0.39 is 16.1 Å². The van der Waals surface area contributed by atoms with Gasteiger partial charge in [-0.3, -0.25) is 10.1 Å². The van der Waals surface area contributed by atoms with Crippen LogP contribution in [0.25, 0.3) is 0 Å². The maximum atomic E-state index is 12.1. The Labute approximate surface area is 380 Å². The molecule has 0 radical (unpaired) electrons. The maximum absolute atomic E-state index is 12.1. The van der Waals surface area contributed by atoms with Gasteiger partial charge in [0.1, 0.15) is 11.2 Å².